The number of hydrogen-bond acceptors (Lipinski definition) is 7. The van der Waals surface area contributed by atoms with E-state index in [1.165, 1.54) is 23.1 Å². The number of alkyl halides is 1. The number of aryl methyl sites for hydroxylation is 1. The second kappa shape index (κ2) is 11.0. The number of rotatable bonds is 9. The molecule has 2 N–H and O–H groups in total. The van der Waals surface area contributed by atoms with Crippen LogP contribution >= 0.6 is 0 Å². The van der Waals surface area contributed by atoms with Crippen molar-refractivity contribution in [2.24, 2.45) is 5.92 Å². The third-order valence-corrected chi connectivity index (χ3v) is 7.52. The molecule has 2 heterocycles. The fourth-order valence-corrected chi connectivity index (χ4v) is 5.31. The number of halogens is 3. The maximum Gasteiger partial charge on any atom is 0.330 e. The summed E-state index contributed by atoms with van der Waals surface area (Å²) in [6.45, 7) is 2.45. The quantitative estimate of drug-likeness (QED) is 0.333. The number of carbonyl (C=O) groups is 2. The number of anilines is 2. The molecule has 5 rings (SSSR count). The molecule has 1 unspecified atom stereocenters. The number of benzene rings is 2. The Morgan fingerprint density at radius 2 is 1.87 bits per heavy atom. The standard InChI is InChI=1S/C28H30F3N3O5/c1-16-4-7-19(29)15-22(16)32-27-33-25-21(30)12-17(13-23(25)38-27)14-24(35)28(31,34-10-2-3-11-34)39-20-8-5-18(6-9-20)26(36)37/h4,7,12-13,15,18,20H,2-3,5-6,8-11,14H2,1H3,(H,32,33)(H,36,37)/t18-,20-,28?. The number of Topliss-reactive ketones (excluding diaryl/α,β-unsaturated/α-hetero) is 1. The minimum Gasteiger partial charge on any atom is -0.481 e. The molecule has 1 aliphatic heterocycles. The largest absolute Gasteiger partial charge is 0.481 e. The van der Waals surface area contributed by atoms with Gasteiger partial charge in [-0.2, -0.15) is 9.37 Å². The van der Waals surface area contributed by atoms with E-state index in [0.29, 0.717) is 57.3 Å². The lowest BCUT2D eigenvalue weighted by atomic mass is 9.87. The van der Waals surface area contributed by atoms with Crippen molar-refractivity contribution in [1.82, 2.24) is 9.88 Å². The number of aliphatic carboxylic acids is 1. The van der Waals surface area contributed by atoms with Gasteiger partial charge in [-0.15, -0.1) is 0 Å². The fourth-order valence-electron chi connectivity index (χ4n) is 5.31. The van der Waals surface area contributed by atoms with Gasteiger partial charge in [-0.3, -0.25) is 9.59 Å². The highest BCUT2D eigenvalue weighted by Gasteiger charge is 2.48. The van der Waals surface area contributed by atoms with Crippen LogP contribution in [-0.4, -0.2) is 51.9 Å². The zero-order valence-corrected chi connectivity index (χ0v) is 21.5. The summed E-state index contributed by atoms with van der Waals surface area (Å²) in [5.74, 6) is -6.16. The Hall–Kier alpha value is -3.44. The summed E-state index contributed by atoms with van der Waals surface area (Å²) in [7, 11) is 0. The lowest BCUT2D eigenvalue weighted by molar-refractivity contribution is -0.252. The van der Waals surface area contributed by atoms with Crippen molar-refractivity contribution in [2.45, 2.75) is 64.0 Å². The molecular formula is C28H30F3N3O5. The van der Waals surface area contributed by atoms with Crippen LogP contribution < -0.4 is 5.32 Å². The normalized spacial score (nSPS) is 21.6. The van der Waals surface area contributed by atoms with Crippen molar-refractivity contribution in [2.75, 3.05) is 18.4 Å². The van der Waals surface area contributed by atoms with Gasteiger partial charge in [0.25, 0.3) is 6.01 Å². The molecule has 1 aromatic heterocycles. The first-order valence-corrected chi connectivity index (χ1v) is 13.1. The van der Waals surface area contributed by atoms with E-state index in [4.69, 9.17) is 9.15 Å². The van der Waals surface area contributed by atoms with E-state index in [2.05, 4.69) is 10.3 Å². The predicted octanol–water partition coefficient (Wildman–Crippen LogP) is 5.65. The molecule has 3 aromatic rings. The lowest BCUT2D eigenvalue weighted by Crippen LogP contribution is -2.54. The summed E-state index contributed by atoms with van der Waals surface area (Å²) in [6.07, 6.45) is 1.76. The molecule has 8 nitrogen and oxygen atoms in total. The molecule has 0 amide bonds. The Labute approximate surface area is 223 Å². The molecule has 1 saturated heterocycles. The summed E-state index contributed by atoms with van der Waals surface area (Å²) in [4.78, 5) is 30.1. The Morgan fingerprint density at radius 1 is 1.15 bits per heavy atom. The van der Waals surface area contributed by atoms with E-state index < -0.39 is 47.8 Å². The summed E-state index contributed by atoms with van der Waals surface area (Å²) >= 11 is 0. The molecule has 208 valence electrons. The Kier molecular flexibility index (Phi) is 7.64. The SMILES string of the molecule is Cc1ccc(F)cc1Nc1nc2c(F)cc(CC(=O)C(F)(O[C@H]3CC[C@H](C(=O)O)CC3)N3CCCC3)cc2o1. The van der Waals surface area contributed by atoms with Gasteiger partial charge in [-0.25, -0.2) is 13.7 Å². The van der Waals surface area contributed by atoms with Crippen LogP contribution in [0, 0.1) is 24.5 Å². The number of nitrogens with one attached hydrogen (secondary N) is 1. The highest BCUT2D eigenvalue weighted by atomic mass is 19.2. The number of nitrogens with zero attached hydrogens (tertiary/aromatic N) is 2. The molecule has 11 heteroatoms. The van der Waals surface area contributed by atoms with E-state index in [0.717, 1.165) is 11.6 Å². The molecule has 39 heavy (non-hydrogen) atoms. The summed E-state index contributed by atoms with van der Waals surface area (Å²) in [6, 6.07) is 6.63. The number of carboxylic acids is 1. The number of ether oxygens (including phenoxy) is 1. The average Bonchev–Trinajstić information content (AvgIpc) is 3.57. The molecule has 1 saturated carbocycles. The molecule has 0 radical (unpaired) electrons. The van der Waals surface area contributed by atoms with Gasteiger partial charge in [0.15, 0.2) is 11.4 Å². The highest BCUT2D eigenvalue weighted by Crippen LogP contribution is 2.35. The molecule has 0 spiro atoms. The fraction of sp³-hybridized carbons (Fsp3) is 0.464. The smallest absolute Gasteiger partial charge is 0.330 e. The number of carbonyl (C=O) groups excluding carboxylic acids is 1. The molecule has 1 atom stereocenters. The molecule has 2 fully saturated rings. The highest BCUT2D eigenvalue weighted by molar-refractivity contribution is 5.88. The van der Waals surface area contributed by atoms with Crippen molar-refractivity contribution in [3.8, 4) is 0 Å². The first kappa shape index (κ1) is 27.1. The lowest BCUT2D eigenvalue weighted by Gasteiger charge is -2.37. The number of carboxylic acid groups (broad SMARTS) is 1. The van der Waals surface area contributed by atoms with Crippen LogP contribution in [-0.2, 0) is 20.7 Å². The van der Waals surface area contributed by atoms with Gasteiger partial charge >= 0.3 is 11.9 Å². The van der Waals surface area contributed by atoms with Crippen LogP contribution in [0.25, 0.3) is 11.1 Å². The van der Waals surface area contributed by atoms with Gasteiger partial charge in [0.1, 0.15) is 11.3 Å². The van der Waals surface area contributed by atoms with Gasteiger partial charge in [0, 0.05) is 25.2 Å². The average molecular weight is 546 g/mol. The van der Waals surface area contributed by atoms with Gasteiger partial charge in [-0.1, -0.05) is 6.07 Å². The minimum absolute atomic E-state index is 0.0490. The first-order chi connectivity index (χ1) is 18.6. The Balaban J connectivity index is 1.35. The third kappa shape index (κ3) is 5.79. The zero-order valence-electron chi connectivity index (χ0n) is 21.5. The second-order valence-corrected chi connectivity index (χ2v) is 10.3. The van der Waals surface area contributed by atoms with Gasteiger partial charge in [-0.05, 0) is 80.8 Å². The van der Waals surface area contributed by atoms with Crippen LogP contribution in [0.3, 0.4) is 0 Å². The van der Waals surface area contributed by atoms with Gasteiger partial charge < -0.3 is 19.6 Å². The van der Waals surface area contributed by atoms with E-state index in [1.807, 2.05) is 0 Å². The van der Waals surface area contributed by atoms with Crippen molar-refractivity contribution in [1.29, 1.82) is 0 Å². The maximum absolute atomic E-state index is 16.4. The number of oxazole rings is 1. The number of hydrogen-bond donors (Lipinski definition) is 2. The number of likely N-dealkylation sites (tertiary alicyclic amines) is 1. The van der Waals surface area contributed by atoms with E-state index >= 15 is 4.39 Å². The van der Waals surface area contributed by atoms with Crippen LogP contribution in [0.15, 0.2) is 34.7 Å². The number of fused-ring (bicyclic) bond motifs is 1. The molecule has 1 aliphatic carbocycles. The summed E-state index contributed by atoms with van der Waals surface area (Å²) in [5.41, 5.74) is 1.28. The molecule has 2 aliphatic rings. The molecular weight excluding hydrogens is 515 g/mol. The molecule has 2 aromatic carbocycles. The van der Waals surface area contributed by atoms with E-state index in [-0.39, 0.29) is 22.7 Å². The van der Waals surface area contributed by atoms with Crippen LogP contribution in [0.2, 0.25) is 0 Å². The van der Waals surface area contributed by atoms with Crippen molar-refractivity contribution in [3.63, 3.8) is 0 Å². The van der Waals surface area contributed by atoms with E-state index in [9.17, 15) is 23.5 Å². The van der Waals surface area contributed by atoms with Crippen molar-refractivity contribution in [3.05, 3.63) is 53.1 Å². The van der Waals surface area contributed by atoms with Crippen molar-refractivity contribution >= 4 is 34.6 Å². The topological polar surface area (TPSA) is 105 Å². The predicted molar refractivity (Wildman–Crippen MR) is 136 cm³/mol. The summed E-state index contributed by atoms with van der Waals surface area (Å²) in [5, 5.41) is 12.1. The first-order valence-electron chi connectivity index (χ1n) is 13.1. The van der Waals surface area contributed by atoms with Crippen molar-refractivity contribution < 1.29 is 37.0 Å². The van der Waals surface area contributed by atoms with Crippen LogP contribution in [0.1, 0.15) is 49.7 Å². The zero-order chi connectivity index (χ0) is 27.7. The van der Waals surface area contributed by atoms with Gasteiger partial charge in [0.2, 0.25) is 5.78 Å². The molecule has 0 bridgehead atoms. The monoisotopic (exact) mass is 545 g/mol. The number of aromatic nitrogens is 1. The van der Waals surface area contributed by atoms with Gasteiger partial charge in [0.05, 0.1) is 12.0 Å². The van der Waals surface area contributed by atoms with Crippen LogP contribution in [0.5, 0.6) is 0 Å². The Bertz CT molecular complexity index is 1380. The Morgan fingerprint density at radius 3 is 2.56 bits per heavy atom. The van der Waals surface area contributed by atoms with Crippen LogP contribution in [0.4, 0.5) is 24.9 Å². The maximum atomic E-state index is 16.4. The number of ketones is 1. The summed E-state index contributed by atoms with van der Waals surface area (Å²) < 4.78 is 56.4. The third-order valence-electron chi connectivity index (χ3n) is 7.52. The minimum atomic E-state index is -2.70. The second-order valence-electron chi connectivity index (χ2n) is 10.3. The van der Waals surface area contributed by atoms with E-state index in [1.54, 1.807) is 13.0 Å².